The minimum Gasteiger partial charge on any atom is -0.374 e. The molecule has 5 nitrogen and oxygen atoms in total. The fourth-order valence-electron chi connectivity index (χ4n) is 3.21. The maximum absolute atomic E-state index is 11.8. The van der Waals surface area contributed by atoms with Crippen LogP contribution in [0.2, 0.25) is 0 Å². The number of fused-ring (bicyclic) bond motifs is 2. The molecule has 2 bridgehead atoms. The molecule has 3 rings (SSSR count). The largest absolute Gasteiger partial charge is 0.374 e. The minimum absolute atomic E-state index is 0.0564. The molecule has 2 aliphatic rings. The van der Waals surface area contributed by atoms with Crippen LogP contribution in [0.25, 0.3) is 0 Å². The number of aromatic nitrogens is 2. The van der Waals surface area contributed by atoms with Gasteiger partial charge in [-0.3, -0.25) is 4.79 Å². The van der Waals surface area contributed by atoms with E-state index in [1.54, 1.807) is 6.07 Å². The lowest BCUT2D eigenvalue weighted by molar-refractivity contribution is 0.0998. The van der Waals surface area contributed by atoms with Crippen LogP contribution < -0.4 is 10.9 Å². The Kier molecular flexibility index (Phi) is 3.89. The molecule has 1 aromatic heterocycles. The molecule has 1 aromatic rings. The van der Waals surface area contributed by atoms with Crippen molar-refractivity contribution in [1.82, 2.24) is 15.3 Å². The maximum Gasteiger partial charge on any atom is 0.251 e. The molecule has 2 saturated heterocycles. The summed E-state index contributed by atoms with van der Waals surface area (Å²) >= 11 is 0. The molecule has 2 N–H and O–H groups in total. The monoisotopic (exact) mass is 277 g/mol. The summed E-state index contributed by atoms with van der Waals surface area (Å²) in [6.07, 6.45) is 3.87. The van der Waals surface area contributed by atoms with Crippen molar-refractivity contribution in [1.29, 1.82) is 0 Å². The van der Waals surface area contributed by atoms with Crippen LogP contribution >= 0.6 is 0 Å². The lowest BCUT2D eigenvalue weighted by Crippen LogP contribution is -2.25. The lowest BCUT2D eigenvalue weighted by atomic mass is 9.88. The number of ether oxygens (including phenoxy) is 1. The van der Waals surface area contributed by atoms with E-state index in [0.29, 0.717) is 18.6 Å². The van der Waals surface area contributed by atoms with Gasteiger partial charge in [0.2, 0.25) is 0 Å². The molecule has 3 heterocycles. The summed E-state index contributed by atoms with van der Waals surface area (Å²) in [4.78, 5) is 19.3. The van der Waals surface area contributed by atoms with Gasteiger partial charge in [-0.25, -0.2) is 4.98 Å². The lowest BCUT2D eigenvalue weighted by Gasteiger charge is -2.18. The number of rotatable bonds is 5. The molecule has 0 radical (unpaired) electrons. The normalized spacial score (nSPS) is 28.4. The van der Waals surface area contributed by atoms with Crippen LogP contribution in [-0.4, -0.2) is 28.7 Å². The highest BCUT2D eigenvalue weighted by atomic mass is 16.5. The van der Waals surface area contributed by atoms with Crippen LogP contribution in [0.4, 0.5) is 0 Å². The second kappa shape index (κ2) is 5.66. The van der Waals surface area contributed by atoms with E-state index in [-0.39, 0.29) is 17.6 Å². The SMILES string of the molecule is CC(C)CNCc1cc(=O)[nH]c(C2CC3CCC2O3)n1. The van der Waals surface area contributed by atoms with E-state index in [2.05, 4.69) is 29.1 Å². The molecule has 5 heteroatoms. The average molecular weight is 277 g/mol. The van der Waals surface area contributed by atoms with Crippen molar-refractivity contribution in [3.63, 3.8) is 0 Å². The minimum atomic E-state index is -0.0564. The fraction of sp³-hybridized carbons (Fsp3) is 0.733. The Bertz CT molecular complexity index is 526. The summed E-state index contributed by atoms with van der Waals surface area (Å²) in [7, 11) is 0. The summed E-state index contributed by atoms with van der Waals surface area (Å²) in [5.74, 6) is 1.67. The molecule has 110 valence electrons. The van der Waals surface area contributed by atoms with Crippen molar-refractivity contribution in [2.24, 2.45) is 5.92 Å². The average Bonchev–Trinajstić information content (AvgIpc) is 2.99. The number of H-pyrrole nitrogens is 1. The molecule has 20 heavy (non-hydrogen) atoms. The third-order valence-corrected chi connectivity index (χ3v) is 4.13. The van der Waals surface area contributed by atoms with Gasteiger partial charge in [0, 0.05) is 18.5 Å². The molecule has 2 fully saturated rings. The van der Waals surface area contributed by atoms with Gasteiger partial charge < -0.3 is 15.0 Å². The van der Waals surface area contributed by atoms with Gasteiger partial charge in [-0.05, 0) is 31.7 Å². The van der Waals surface area contributed by atoms with Crippen molar-refractivity contribution in [2.75, 3.05) is 6.54 Å². The van der Waals surface area contributed by atoms with Gasteiger partial charge in [-0.15, -0.1) is 0 Å². The van der Waals surface area contributed by atoms with E-state index in [0.717, 1.165) is 37.3 Å². The Morgan fingerprint density at radius 2 is 2.35 bits per heavy atom. The molecule has 0 aliphatic carbocycles. The van der Waals surface area contributed by atoms with Crippen molar-refractivity contribution < 1.29 is 4.74 Å². The van der Waals surface area contributed by atoms with Crippen molar-refractivity contribution in [3.05, 3.63) is 27.9 Å². The van der Waals surface area contributed by atoms with Crippen molar-refractivity contribution in [2.45, 2.75) is 57.8 Å². The highest BCUT2D eigenvalue weighted by Crippen LogP contribution is 2.43. The van der Waals surface area contributed by atoms with Crippen LogP contribution in [0.1, 0.15) is 50.5 Å². The molecular weight excluding hydrogens is 254 g/mol. The molecule has 0 amide bonds. The topological polar surface area (TPSA) is 67.0 Å². The van der Waals surface area contributed by atoms with Gasteiger partial charge in [0.1, 0.15) is 5.82 Å². The maximum atomic E-state index is 11.8. The first-order valence-electron chi connectivity index (χ1n) is 7.58. The van der Waals surface area contributed by atoms with E-state index in [1.165, 1.54) is 0 Å². The quantitative estimate of drug-likeness (QED) is 0.857. The number of nitrogens with zero attached hydrogens (tertiary/aromatic N) is 1. The number of hydrogen-bond acceptors (Lipinski definition) is 4. The first-order chi connectivity index (χ1) is 9.61. The van der Waals surface area contributed by atoms with Crippen LogP contribution in [0.3, 0.4) is 0 Å². The van der Waals surface area contributed by atoms with E-state index in [4.69, 9.17) is 4.74 Å². The second-order valence-electron chi connectivity index (χ2n) is 6.36. The third kappa shape index (κ3) is 2.94. The predicted octanol–water partition coefficient (Wildman–Crippen LogP) is 1.55. The zero-order valence-electron chi connectivity index (χ0n) is 12.2. The van der Waals surface area contributed by atoms with Gasteiger partial charge in [0.05, 0.1) is 17.9 Å². The summed E-state index contributed by atoms with van der Waals surface area (Å²) < 4.78 is 5.85. The Balaban J connectivity index is 1.72. The Labute approximate surface area is 119 Å². The predicted molar refractivity (Wildman–Crippen MR) is 76.7 cm³/mol. The summed E-state index contributed by atoms with van der Waals surface area (Å²) in [5, 5.41) is 3.33. The summed E-state index contributed by atoms with van der Waals surface area (Å²) in [6.45, 7) is 5.91. The second-order valence-corrected chi connectivity index (χ2v) is 6.36. The first-order valence-corrected chi connectivity index (χ1v) is 7.58. The van der Waals surface area contributed by atoms with Gasteiger partial charge in [-0.1, -0.05) is 13.8 Å². The smallest absolute Gasteiger partial charge is 0.251 e. The molecule has 0 spiro atoms. The molecule has 0 saturated carbocycles. The van der Waals surface area contributed by atoms with Crippen LogP contribution in [-0.2, 0) is 11.3 Å². The Morgan fingerprint density at radius 1 is 1.50 bits per heavy atom. The Hall–Kier alpha value is -1.20. The van der Waals surface area contributed by atoms with Crippen LogP contribution in [0, 0.1) is 5.92 Å². The molecule has 3 atom stereocenters. The van der Waals surface area contributed by atoms with Gasteiger partial charge >= 0.3 is 0 Å². The fourth-order valence-corrected chi connectivity index (χ4v) is 3.21. The number of hydrogen-bond donors (Lipinski definition) is 2. The summed E-state index contributed by atoms with van der Waals surface area (Å²) in [5.41, 5.74) is 0.770. The van der Waals surface area contributed by atoms with E-state index in [1.807, 2.05) is 0 Å². The number of aromatic amines is 1. The van der Waals surface area contributed by atoms with Crippen LogP contribution in [0.15, 0.2) is 10.9 Å². The molecular formula is C15H23N3O2. The van der Waals surface area contributed by atoms with Gasteiger partial charge in [-0.2, -0.15) is 0 Å². The van der Waals surface area contributed by atoms with Crippen molar-refractivity contribution in [3.8, 4) is 0 Å². The zero-order valence-corrected chi connectivity index (χ0v) is 12.2. The highest BCUT2D eigenvalue weighted by molar-refractivity contribution is 5.11. The van der Waals surface area contributed by atoms with Crippen molar-refractivity contribution >= 4 is 0 Å². The third-order valence-electron chi connectivity index (χ3n) is 4.13. The van der Waals surface area contributed by atoms with Crippen LogP contribution in [0.5, 0.6) is 0 Å². The summed E-state index contributed by atoms with van der Waals surface area (Å²) in [6, 6.07) is 1.59. The molecule has 3 unspecified atom stereocenters. The van der Waals surface area contributed by atoms with Gasteiger partial charge in [0.15, 0.2) is 0 Å². The van der Waals surface area contributed by atoms with E-state index in [9.17, 15) is 4.79 Å². The molecule has 2 aliphatic heterocycles. The van der Waals surface area contributed by atoms with Gasteiger partial charge in [0.25, 0.3) is 5.56 Å². The number of nitrogens with one attached hydrogen (secondary N) is 2. The first kappa shape index (κ1) is 13.8. The zero-order chi connectivity index (χ0) is 14.1. The highest BCUT2D eigenvalue weighted by Gasteiger charge is 2.42. The Morgan fingerprint density at radius 3 is 3.00 bits per heavy atom. The standard InChI is InChI=1S/C15H23N3O2/c1-9(2)7-16-8-10-5-14(19)18-15(17-10)12-6-11-3-4-13(12)20-11/h5,9,11-13,16H,3-4,6-8H2,1-2H3,(H,17,18,19). The van der Waals surface area contributed by atoms with E-state index < -0.39 is 0 Å². The van der Waals surface area contributed by atoms with E-state index >= 15 is 0 Å². The molecule has 0 aromatic carbocycles.